The smallest absolute Gasteiger partial charge is 0.220 e. The zero-order chi connectivity index (χ0) is 18.8. The molecule has 0 saturated carbocycles. The lowest BCUT2D eigenvalue weighted by Crippen LogP contribution is -2.41. The largest absolute Gasteiger partial charge is 0.369 e. The van der Waals surface area contributed by atoms with Crippen LogP contribution in [-0.2, 0) is 4.79 Å². The lowest BCUT2D eigenvalue weighted by molar-refractivity contribution is -0.122. The molecule has 4 nitrogen and oxygen atoms in total. The van der Waals surface area contributed by atoms with Crippen molar-refractivity contribution in [3.05, 3.63) is 41.5 Å². The van der Waals surface area contributed by atoms with Crippen LogP contribution in [0.4, 0.5) is 0 Å². The van der Waals surface area contributed by atoms with Crippen molar-refractivity contribution in [2.24, 2.45) is 16.6 Å². The van der Waals surface area contributed by atoms with Gasteiger partial charge in [0.15, 0.2) is 0 Å². The summed E-state index contributed by atoms with van der Waals surface area (Å²) in [7, 11) is 0. The zero-order valence-corrected chi connectivity index (χ0v) is 16.4. The van der Waals surface area contributed by atoms with Crippen molar-refractivity contribution >= 4 is 17.4 Å². The summed E-state index contributed by atoms with van der Waals surface area (Å²) >= 11 is 0. The minimum absolute atomic E-state index is 0.0347. The fourth-order valence-electron chi connectivity index (χ4n) is 3.03. The van der Waals surface area contributed by atoms with Crippen molar-refractivity contribution in [2.45, 2.75) is 53.9 Å². The number of carbonyl (C=O) groups is 1. The predicted octanol–water partition coefficient (Wildman–Crippen LogP) is 4.39. The van der Waals surface area contributed by atoms with Gasteiger partial charge in [-0.1, -0.05) is 57.5 Å². The maximum Gasteiger partial charge on any atom is 0.220 e. The number of rotatable bonds is 2. The van der Waals surface area contributed by atoms with E-state index < -0.39 is 0 Å². The molecule has 0 spiro atoms. The Morgan fingerprint density at radius 1 is 1.16 bits per heavy atom. The summed E-state index contributed by atoms with van der Waals surface area (Å²) in [5.74, 6) is 0.989. The molecule has 2 N–H and O–H groups in total. The number of piperidine rings is 1. The fourth-order valence-corrected chi connectivity index (χ4v) is 3.03. The topological polar surface area (TPSA) is 58.7 Å². The van der Waals surface area contributed by atoms with Crippen LogP contribution in [0.15, 0.2) is 35.3 Å². The third-order valence-corrected chi connectivity index (χ3v) is 4.30. The molecular formula is C21H33N3O. The molecule has 0 radical (unpaired) electrons. The van der Waals surface area contributed by atoms with E-state index in [0.717, 1.165) is 43.9 Å². The molecule has 25 heavy (non-hydrogen) atoms. The molecule has 0 unspecified atom stereocenters. The highest BCUT2D eigenvalue weighted by Crippen LogP contribution is 2.26. The van der Waals surface area contributed by atoms with E-state index in [2.05, 4.69) is 42.2 Å². The van der Waals surface area contributed by atoms with E-state index >= 15 is 0 Å². The maximum atomic E-state index is 11.2. The van der Waals surface area contributed by atoms with Crippen LogP contribution in [-0.4, -0.2) is 29.7 Å². The number of hydrogen-bond donors (Lipinski definition) is 1. The molecule has 2 aliphatic heterocycles. The van der Waals surface area contributed by atoms with Gasteiger partial charge in [-0.25, -0.2) is 4.99 Å². The highest BCUT2D eigenvalue weighted by Gasteiger charge is 2.26. The van der Waals surface area contributed by atoms with Gasteiger partial charge in [0.1, 0.15) is 5.84 Å². The van der Waals surface area contributed by atoms with Gasteiger partial charge in [-0.2, -0.15) is 0 Å². The number of primary amides is 1. The van der Waals surface area contributed by atoms with Gasteiger partial charge in [-0.05, 0) is 25.8 Å². The Labute approximate surface area is 152 Å². The molecule has 1 saturated heterocycles. The van der Waals surface area contributed by atoms with Crippen molar-refractivity contribution in [3.8, 4) is 0 Å². The Balaban J connectivity index is 0.000000730. The van der Waals surface area contributed by atoms with Crippen molar-refractivity contribution in [1.29, 1.82) is 0 Å². The van der Waals surface area contributed by atoms with Gasteiger partial charge >= 0.3 is 0 Å². The number of aryl methyl sites for hydroxylation is 1. The Bertz CT molecular complexity index is 611. The minimum atomic E-state index is -0.165. The summed E-state index contributed by atoms with van der Waals surface area (Å²) in [6.45, 7) is 11.8. The number of carbonyl (C=O) groups excluding carboxylic acids is 1. The molecule has 138 valence electrons. The van der Waals surface area contributed by atoms with Gasteiger partial charge in [-0.3, -0.25) is 4.79 Å². The Morgan fingerprint density at radius 2 is 1.80 bits per heavy atom. The summed E-state index contributed by atoms with van der Waals surface area (Å²) in [5.41, 5.74) is 8.87. The highest BCUT2D eigenvalue weighted by molar-refractivity contribution is 5.94. The Morgan fingerprint density at radius 3 is 2.36 bits per heavy atom. The molecule has 3 rings (SSSR count). The van der Waals surface area contributed by atoms with Crippen molar-refractivity contribution in [2.75, 3.05) is 13.1 Å². The Hall–Kier alpha value is -2.10. The van der Waals surface area contributed by atoms with Crippen molar-refractivity contribution < 1.29 is 4.79 Å². The van der Waals surface area contributed by atoms with Gasteiger partial charge in [-0.15, -0.1) is 0 Å². The first kappa shape index (κ1) is 20.9. The number of amides is 1. The molecular weight excluding hydrogens is 310 g/mol. The first-order valence-corrected chi connectivity index (χ1v) is 9.52. The number of amidine groups is 1. The molecule has 1 aromatic rings. The zero-order valence-electron chi connectivity index (χ0n) is 16.4. The standard InChI is InChI=1S/C17H21N3O.2C2H6/c1-12-3-2-4-14(11-12)15-5-6-16(19-15)20-9-7-13(8-10-20)17(18)21;2*1-2/h2-5,11,13H,6-10H2,1H3,(H2,18,21);2*1-2H3. The van der Waals surface area contributed by atoms with E-state index in [-0.39, 0.29) is 11.8 Å². The van der Waals surface area contributed by atoms with Crippen LogP contribution in [0.5, 0.6) is 0 Å². The number of likely N-dealkylation sites (tertiary alicyclic amines) is 1. The molecule has 1 amide bonds. The van der Waals surface area contributed by atoms with Gasteiger partial charge in [0.05, 0.1) is 5.70 Å². The van der Waals surface area contributed by atoms with Crippen molar-refractivity contribution in [1.82, 2.24) is 4.90 Å². The van der Waals surface area contributed by atoms with Crippen LogP contribution in [0.25, 0.3) is 5.70 Å². The van der Waals surface area contributed by atoms with Gasteiger partial charge in [0.25, 0.3) is 0 Å². The van der Waals surface area contributed by atoms with Crippen LogP contribution in [0.3, 0.4) is 0 Å². The molecule has 0 bridgehead atoms. The predicted molar refractivity (Wildman–Crippen MR) is 107 cm³/mol. The Kier molecular flexibility index (Phi) is 8.96. The SMILES string of the molecule is CC.CC.Cc1cccc(C2=CCC(N3CCC(C(N)=O)CC3)=N2)c1. The molecule has 4 heteroatoms. The number of aliphatic imine (C=N–C) groups is 1. The first-order valence-electron chi connectivity index (χ1n) is 9.52. The van der Waals surface area contributed by atoms with Gasteiger partial charge < -0.3 is 10.6 Å². The average molecular weight is 344 g/mol. The molecule has 0 aliphatic carbocycles. The highest BCUT2D eigenvalue weighted by atomic mass is 16.1. The summed E-state index contributed by atoms with van der Waals surface area (Å²) in [5, 5.41) is 0. The lowest BCUT2D eigenvalue weighted by Gasteiger charge is -2.32. The number of nitrogens with two attached hydrogens (primary N) is 1. The van der Waals surface area contributed by atoms with E-state index in [1.54, 1.807) is 0 Å². The number of benzene rings is 1. The number of nitrogens with zero attached hydrogens (tertiary/aromatic N) is 2. The summed E-state index contributed by atoms with van der Waals surface area (Å²) in [6.07, 6.45) is 4.75. The fraction of sp³-hybridized carbons (Fsp3) is 0.524. The number of hydrogen-bond acceptors (Lipinski definition) is 3. The molecule has 0 atom stereocenters. The van der Waals surface area contributed by atoms with Crippen LogP contribution < -0.4 is 5.73 Å². The first-order chi connectivity index (χ1) is 12.1. The lowest BCUT2D eigenvalue weighted by atomic mass is 9.96. The van der Waals surface area contributed by atoms with Crippen molar-refractivity contribution in [3.63, 3.8) is 0 Å². The molecule has 0 aromatic heterocycles. The average Bonchev–Trinajstić information content (AvgIpc) is 3.15. The second kappa shape index (κ2) is 10.7. The quantitative estimate of drug-likeness (QED) is 0.866. The molecule has 1 aromatic carbocycles. The minimum Gasteiger partial charge on any atom is -0.369 e. The van der Waals surface area contributed by atoms with Crippen LogP contribution in [0.2, 0.25) is 0 Å². The second-order valence-electron chi connectivity index (χ2n) is 5.85. The molecule has 1 fully saturated rings. The maximum absolute atomic E-state index is 11.2. The summed E-state index contributed by atoms with van der Waals surface area (Å²) < 4.78 is 0. The summed E-state index contributed by atoms with van der Waals surface area (Å²) in [6, 6.07) is 8.43. The van der Waals surface area contributed by atoms with Gasteiger partial charge in [0.2, 0.25) is 5.91 Å². The molecule has 2 aliphatic rings. The van der Waals surface area contributed by atoms with Crippen LogP contribution in [0.1, 0.15) is 58.1 Å². The molecule has 2 heterocycles. The van der Waals surface area contributed by atoms with E-state index in [0.29, 0.717) is 0 Å². The van der Waals surface area contributed by atoms with Crippen LogP contribution in [0, 0.1) is 12.8 Å². The van der Waals surface area contributed by atoms with Crippen LogP contribution >= 0.6 is 0 Å². The van der Waals surface area contributed by atoms with Gasteiger partial charge in [0, 0.05) is 31.0 Å². The van der Waals surface area contributed by atoms with E-state index in [1.807, 2.05) is 27.7 Å². The third kappa shape index (κ3) is 5.73. The second-order valence-corrected chi connectivity index (χ2v) is 5.85. The van der Waals surface area contributed by atoms with E-state index in [1.165, 1.54) is 11.1 Å². The third-order valence-electron chi connectivity index (χ3n) is 4.30. The monoisotopic (exact) mass is 343 g/mol. The van der Waals surface area contributed by atoms with E-state index in [4.69, 9.17) is 10.7 Å². The normalized spacial score (nSPS) is 16.8. The van der Waals surface area contributed by atoms with E-state index in [9.17, 15) is 4.79 Å². The summed E-state index contributed by atoms with van der Waals surface area (Å²) in [4.78, 5) is 18.3.